The minimum Gasteiger partial charge on any atom is -0.325 e. The molecule has 0 unspecified atom stereocenters. The van der Waals surface area contributed by atoms with Crippen molar-refractivity contribution in [3.05, 3.63) is 70.5 Å². The molecule has 2 aromatic carbocycles. The van der Waals surface area contributed by atoms with E-state index in [9.17, 15) is 9.59 Å². The number of anilines is 1. The maximum atomic E-state index is 12.5. The van der Waals surface area contributed by atoms with Gasteiger partial charge in [-0.1, -0.05) is 41.6 Å². The summed E-state index contributed by atoms with van der Waals surface area (Å²) in [5, 5.41) is 20.7. The summed E-state index contributed by atoms with van der Waals surface area (Å²) in [6.45, 7) is 6.50. The first-order valence-corrected chi connectivity index (χ1v) is 10.8. The Morgan fingerprint density at radius 1 is 1.13 bits per heavy atom. The monoisotopic (exact) mass is 433 g/mol. The Kier molecular flexibility index (Phi) is 7.21. The van der Waals surface area contributed by atoms with Crippen molar-refractivity contribution in [1.29, 1.82) is 5.26 Å². The molecule has 0 atom stereocenters. The van der Waals surface area contributed by atoms with Crippen LogP contribution in [0.1, 0.15) is 39.8 Å². The van der Waals surface area contributed by atoms with E-state index in [1.54, 1.807) is 24.3 Å². The summed E-state index contributed by atoms with van der Waals surface area (Å²) >= 11 is 1.28. The number of benzene rings is 2. The molecule has 3 rings (SSSR count). The number of ketones is 1. The average Bonchev–Trinajstić information content (AvgIpc) is 3.15. The van der Waals surface area contributed by atoms with Crippen LogP contribution in [0.4, 0.5) is 5.69 Å². The molecular formula is C23H23N5O2S. The summed E-state index contributed by atoms with van der Waals surface area (Å²) in [7, 11) is 0. The summed E-state index contributed by atoms with van der Waals surface area (Å²) in [5.41, 5.74) is 3.97. The fourth-order valence-electron chi connectivity index (χ4n) is 3.11. The second-order valence-corrected chi connectivity index (χ2v) is 8.03. The van der Waals surface area contributed by atoms with Crippen molar-refractivity contribution in [3.63, 3.8) is 0 Å². The molecule has 31 heavy (non-hydrogen) atoms. The van der Waals surface area contributed by atoms with Crippen LogP contribution in [0.15, 0.2) is 47.6 Å². The number of nitrogens with zero attached hydrogens (tertiary/aromatic N) is 4. The van der Waals surface area contributed by atoms with Crippen molar-refractivity contribution < 1.29 is 9.59 Å². The molecule has 1 aromatic heterocycles. The van der Waals surface area contributed by atoms with Crippen LogP contribution in [-0.2, 0) is 17.8 Å². The number of amides is 1. The Balaban J connectivity index is 1.63. The van der Waals surface area contributed by atoms with Gasteiger partial charge in [0.05, 0.1) is 23.8 Å². The number of rotatable bonds is 8. The highest BCUT2D eigenvalue weighted by Gasteiger charge is 2.17. The quantitative estimate of drug-likeness (QED) is 0.426. The van der Waals surface area contributed by atoms with E-state index in [2.05, 4.69) is 15.5 Å². The zero-order valence-electron chi connectivity index (χ0n) is 17.7. The molecule has 0 aliphatic carbocycles. The number of aryl methyl sites for hydroxylation is 2. The third kappa shape index (κ3) is 5.58. The van der Waals surface area contributed by atoms with Crippen LogP contribution in [-0.4, -0.2) is 32.2 Å². The number of hydrogen-bond donors (Lipinski definition) is 1. The molecule has 8 heteroatoms. The van der Waals surface area contributed by atoms with Crippen LogP contribution in [0.3, 0.4) is 0 Å². The minimum atomic E-state index is -0.167. The molecule has 1 N–H and O–H groups in total. The Morgan fingerprint density at radius 3 is 2.52 bits per heavy atom. The van der Waals surface area contributed by atoms with E-state index in [0.717, 1.165) is 16.8 Å². The number of nitrogens with one attached hydrogen (secondary N) is 1. The van der Waals surface area contributed by atoms with Crippen molar-refractivity contribution in [1.82, 2.24) is 14.8 Å². The topological polar surface area (TPSA) is 101 Å². The molecule has 0 saturated carbocycles. The second kappa shape index (κ2) is 10.0. The van der Waals surface area contributed by atoms with Gasteiger partial charge < -0.3 is 9.88 Å². The van der Waals surface area contributed by atoms with Gasteiger partial charge in [-0.05, 0) is 44.5 Å². The first-order chi connectivity index (χ1) is 14.9. The van der Waals surface area contributed by atoms with Gasteiger partial charge >= 0.3 is 0 Å². The number of nitriles is 1. The van der Waals surface area contributed by atoms with Crippen molar-refractivity contribution in [2.75, 3.05) is 11.1 Å². The van der Waals surface area contributed by atoms with Crippen molar-refractivity contribution in [2.45, 2.75) is 38.9 Å². The molecule has 1 heterocycles. The Morgan fingerprint density at radius 2 is 1.87 bits per heavy atom. The Hall–Kier alpha value is -3.44. The van der Waals surface area contributed by atoms with Crippen molar-refractivity contribution >= 4 is 29.1 Å². The Labute approximate surface area is 185 Å². The lowest BCUT2D eigenvalue weighted by Crippen LogP contribution is -2.18. The number of hydrogen-bond acceptors (Lipinski definition) is 6. The van der Waals surface area contributed by atoms with E-state index in [1.807, 2.05) is 49.6 Å². The molecule has 3 aromatic rings. The van der Waals surface area contributed by atoms with Gasteiger partial charge in [0, 0.05) is 17.8 Å². The van der Waals surface area contributed by atoms with Crippen LogP contribution in [0, 0.1) is 25.2 Å². The van der Waals surface area contributed by atoms with Crippen LogP contribution < -0.4 is 5.32 Å². The number of thioether (sulfide) groups is 1. The molecule has 1 amide bonds. The average molecular weight is 434 g/mol. The lowest BCUT2D eigenvalue weighted by Gasteiger charge is -2.10. The van der Waals surface area contributed by atoms with E-state index >= 15 is 0 Å². The molecule has 7 nitrogen and oxygen atoms in total. The lowest BCUT2D eigenvalue weighted by molar-refractivity contribution is -0.115. The van der Waals surface area contributed by atoms with Gasteiger partial charge in [0.1, 0.15) is 5.82 Å². The number of carbonyl (C=O) groups is 2. The normalized spacial score (nSPS) is 10.5. The summed E-state index contributed by atoms with van der Waals surface area (Å²) in [4.78, 5) is 25.0. The number of carbonyl (C=O) groups excluding carboxylic acids is 2. The maximum Gasteiger partial charge on any atom is 0.232 e. The van der Waals surface area contributed by atoms with E-state index < -0.39 is 0 Å². The molecule has 0 bridgehead atoms. The van der Waals surface area contributed by atoms with Crippen LogP contribution in [0.25, 0.3) is 0 Å². The molecule has 158 valence electrons. The fourth-order valence-corrected chi connectivity index (χ4v) is 4.03. The highest BCUT2D eigenvalue weighted by Crippen LogP contribution is 2.20. The number of Topliss-reactive ketones (excluding diaryl/α,β-unsaturated/α-hetero) is 1. The molecule has 0 saturated heterocycles. The van der Waals surface area contributed by atoms with Gasteiger partial charge in [0.2, 0.25) is 5.91 Å². The van der Waals surface area contributed by atoms with Gasteiger partial charge in [-0.3, -0.25) is 9.59 Å². The van der Waals surface area contributed by atoms with E-state index in [1.165, 1.54) is 11.8 Å². The predicted molar refractivity (Wildman–Crippen MR) is 120 cm³/mol. The molecular weight excluding hydrogens is 410 g/mol. The minimum absolute atomic E-state index is 0.0608. The van der Waals surface area contributed by atoms with Crippen LogP contribution in [0.5, 0.6) is 0 Å². The third-order valence-electron chi connectivity index (χ3n) is 4.75. The number of aromatic nitrogens is 3. The first kappa shape index (κ1) is 22.2. The zero-order chi connectivity index (χ0) is 22.4. The van der Waals surface area contributed by atoms with E-state index in [4.69, 9.17) is 5.26 Å². The summed E-state index contributed by atoms with van der Waals surface area (Å²) in [6.07, 6.45) is 0.0955. The van der Waals surface area contributed by atoms with Gasteiger partial charge in [-0.2, -0.15) is 5.26 Å². The summed E-state index contributed by atoms with van der Waals surface area (Å²) < 4.78 is 1.85. The van der Waals surface area contributed by atoms with Gasteiger partial charge in [0.15, 0.2) is 10.9 Å². The van der Waals surface area contributed by atoms with Gasteiger partial charge in [-0.25, -0.2) is 0 Å². The predicted octanol–water partition coefficient (Wildman–Crippen LogP) is 3.94. The van der Waals surface area contributed by atoms with Crippen molar-refractivity contribution in [2.24, 2.45) is 0 Å². The fraction of sp³-hybridized carbons (Fsp3) is 0.261. The standard InChI is InChI=1S/C23H23N5O2S/c1-4-28-21(12-22(30)25-19-10-5-15(2)11-16(19)3)26-27-23(28)31-14-20(29)18-8-6-17(13-24)7-9-18/h5-11H,4,12,14H2,1-3H3,(H,25,30). The van der Waals surface area contributed by atoms with Crippen LogP contribution >= 0.6 is 11.8 Å². The summed E-state index contributed by atoms with van der Waals surface area (Å²) in [5.74, 6) is 0.519. The maximum absolute atomic E-state index is 12.5. The van der Waals surface area contributed by atoms with E-state index in [-0.39, 0.29) is 23.9 Å². The first-order valence-electron chi connectivity index (χ1n) is 9.86. The zero-order valence-corrected chi connectivity index (χ0v) is 18.5. The molecule has 0 aliphatic rings. The van der Waals surface area contributed by atoms with Gasteiger partial charge in [-0.15, -0.1) is 10.2 Å². The highest BCUT2D eigenvalue weighted by molar-refractivity contribution is 7.99. The van der Waals surface area contributed by atoms with E-state index in [0.29, 0.717) is 28.7 Å². The van der Waals surface area contributed by atoms with Crippen LogP contribution in [0.2, 0.25) is 0 Å². The molecule has 0 fully saturated rings. The highest BCUT2D eigenvalue weighted by atomic mass is 32.2. The van der Waals surface area contributed by atoms with Gasteiger partial charge in [0.25, 0.3) is 0 Å². The molecule has 0 aliphatic heterocycles. The summed E-state index contributed by atoms with van der Waals surface area (Å²) in [6, 6.07) is 14.4. The SMILES string of the molecule is CCn1c(CC(=O)Nc2ccc(C)cc2C)nnc1SCC(=O)c1ccc(C#N)cc1. The smallest absolute Gasteiger partial charge is 0.232 e. The molecule has 0 radical (unpaired) electrons. The Bertz CT molecular complexity index is 1150. The van der Waals surface area contributed by atoms with Crippen molar-refractivity contribution in [3.8, 4) is 6.07 Å². The largest absolute Gasteiger partial charge is 0.325 e. The molecule has 0 spiro atoms. The third-order valence-corrected chi connectivity index (χ3v) is 5.72. The lowest BCUT2D eigenvalue weighted by atomic mass is 10.1. The second-order valence-electron chi connectivity index (χ2n) is 7.09.